The molecule has 5 heteroatoms. The van der Waals surface area contributed by atoms with Crippen LogP contribution in [0.15, 0.2) is 18.2 Å². The summed E-state index contributed by atoms with van der Waals surface area (Å²) in [6.07, 6.45) is 1.79. The summed E-state index contributed by atoms with van der Waals surface area (Å²) >= 11 is 0. The molecule has 3 fully saturated rings. The summed E-state index contributed by atoms with van der Waals surface area (Å²) < 4.78 is 32.9. The van der Waals surface area contributed by atoms with Crippen LogP contribution in [0.4, 0.5) is 8.78 Å². The number of fused-ring (bicyclic) bond motifs is 1. The molecule has 1 heterocycles. The molecule has 0 bridgehead atoms. The first-order valence-corrected chi connectivity index (χ1v) is 8.27. The maximum Gasteiger partial charge on any atom is 0.223 e. The molecule has 1 N–H and O–H groups in total. The summed E-state index contributed by atoms with van der Waals surface area (Å²) in [5, 5.41) is 3.14. The first-order valence-electron chi connectivity index (χ1n) is 8.27. The van der Waals surface area contributed by atoms with Crippen LogP contribution in [-0.2, 0) is 9.53 Å². The average Bonchev–Trinajstić information content (AvgIpc) is 3.17. The summed E-state index contributed by atoms with van der Waals surface area (Å²) in [5.41, 5.74) is 0.255. The highest BCUT2D eigenvalue weighted by Crippen LogP contribution is 2.53. The van der Waals surface area contributed by atoms with Crippen LogP contribution in [0.1, 0.15) is 38.2 Å². The van der Waals surface area contributed by atoms with E-state index < -0.39 is 11.6 Å². The van der Waals surface area contributed by atoms with Gasteiger partial charge in [-0.1, -0.05) is 26.0 Å². The van der Waals surface area contributed by atoms with Gasteiger partial charge in [0.15, 0.2) is 11.6 Å². The molecule has 3 aliphatic rings. The zero-order valence-corrected chi connectivity index (χ0v) is 13.3. The van der Waals surface area contributed by atoms with Crippen molar-refractivity contribution in [3.05, 3.63) is 35.4 Å². The normalized spacial score (nSPS) is 37.0. The molecular weight excluding hydrogens is 300 g/mol. The predicted molar refractivity (Wildman–Crippen MR) is 80.8 cm³/mol. The van der Waals surface area contributed by atoms with Crippen LogP contribution in [0, 0.1) is 28.9 Å². The largest absolute Gasteiger partial charge is 0.377 e. The van der Waals surface area contributed by atoms with E-state index in [1.54, 1.807) is 6.07 Å². The molecule has 124 valence electrons. The lowest BCUT2D eigenvalue weighted by molar-refractivity contribution is -0.138. The van der Waals surface area contributed by atoms with E-state index in [0.717, 1.165) is 19.1 Å². The molecule has 1 aromatic carbocycles. The van der Waals surface area contributed by atoms with Gasteiger partial charge < -0.3 is 10.1 Å². The Kier molecular flexibility index (Phi) is 3.28. The van der Waals surface area contributed by atoms with Crippen LogP contribution in [0.2, 0.25) is 0 Å². The van der Waals surface area contributed by atoms with Crippen LogP contribution < -0.4 is 5.32 Å². The van der Waals surface area contributed by atoms with E-state index in [0.29, 0.717) is 17.9 Å². The van der Waals surface area contributed by atoms with E-state index in [4.69, 9.17) is 4.74 Å². The average molecular weight is 321 g/mol. The summed E-state index contributed by atoms with van der Waals surface area (Å²) in [6, 6.07) is 4.29. The van der Waals surface area contributed by atoms with Gasteiger partial charge in [0.2, 0.25) is 5.91 Å². The maximum absolute atomic E-state index is 13.8. The summed E-state index contributed by atoms with van der Waals surface area (Å²) in [7, 11) is 0. The molecule has 0 unspecified atom stereocenters. The topological polar surface area (TPSA) is 38.3 Å². The number of amides is 1. The Balaban J connectivity index is 1.43. The Morgan fingerprint density at radius 2 is 2.13 bits per heavy atom. The van der Waals surface area contributed by atoms with Crippen molar-refractivity contribution >= 4 is 5.91 Å². The first-order chi connectivity index (χ1) is 10.9. The van der Waals surface area contributed by atoms with E-state index in [1.807, 2.05) is 0 Å². The minimum absolute atomic E-state index is 0.0397. The van der Waals surface area contributed by atoms with Crippen molar-refractivity contribution in [2.45, 2.75) is 44.8 Å². The Labute approximate surface area is 134 Å². The highest BCUT2D eigenvalue weighted by molar-refractivity contribution is 5.83. The molecule has 1 amide bonds. The second-order valence-electron chi connectivity index (χ2n) is 7.64. The lowest BCUT2D eigenvalue weighted by Gasteiger charge is -2.54. The van der Waals surface area contributed by atoms with Crippen LogP contribution in [0.5, 0.6) is 0 Å². The number of halogens is 2. The van der Waals surface area contributed by atoms with Gasteiger partial charge in [-0.05, 0) is 30.4 Å². The third-order valence-electron chi connectivity index (χ3n) is 5.91. The molecule has 4 rings (SSSR count). The van der Waals surface area contributed by atoms with E-state index >= 15 is 0 Å². The predicted octanol–water partition coefficient (Wildman–Crippen LogP) is 3.00. The standard InChI is InChI=1S/C18H21F2NO2/c1-18(2)15(10-6-7-23-16(10)18)21-17(22)12-8-11(12)9-4-3-5-13(19)14(9)20/h3-5,10-12,15-16H,6-8H2,1-2H3,(H,21,22)/t10-,11-,12-,15-,16-/m1/s1. The molecule has 0 spiro atoms. The highest BCUT2D eigenvalue weighted by atomic mass is 19.2. The Morgan fingerprint density at radius 1 is 1.35 bits per heavy atom. The number of rotatable bonds is 3. The molecule has 1 saturated heterocycles. The van der Waals surface area contributed by atoms with Crippen molar-refractivity contribution < 1.29 is 18.3 Å². The highest BCUT2D eigenvalue weighted by Gasteiger charge is 2.60. The zero-order chi connectivity index (χ0) is 16.4. The lowest BCUT2D eigenvalue weighted by atomic mass is 9.57. The van der Waals surface area contributed by atoms with Gasteiger partial charge in [-0.15, -0.1) is 0 Å². The van der Waals surface area contributed by atoms with Crippen molar-refractivity contribution in [1.29, 1.82) is 0 Å². The zero-order valence-electron chi connectivity index (χ0n) is 13.3. The van der Waals surface area contributed by atoms with Crippen LogP contribution >= 0.6 is 0 Å². The van der Waals surface area contributed by atoms with E-state index in [1.165, 1.54) is 6.07 Å². The number of carbonyl (C=O) groups is 1. The van der Waals surface area contributed by atoms with Crippen LogP contribution in [0.3, 0.4) is 0 Å². The van der Waals surface area contributed by atoms with E-state index in [2.05, 4.69) is 19.2 Å². The van der Waals surface area contributed by atoms with Gasteiger partial charge in [-0.2, -0.15) is 0 Å². The number of benzene rings is 1. The van der Waals surface area contributed by atoms with Gasteiger partial charge in [0.25, 0.3) is 0 Å². The minimum atomic E-state index is -0.848. The fourth-order valence-electron chi connectivity index (χ4n) is 4.51. The summed E-state index contributed by atoms with van der Waals surface area (Å²) in [5.74, 6) is -1.77. The monoisotopic (exact) mass is 321 g/mol. The van der Waals surface area contributed by atoms with Crippen LogP contribution in [0.25, 0.3) is 0 Å². The Morgan fingerprint density at radius 3 is 2.91 bits per heavy atom. The fourth-order valence-corrected chi connectivity index (χ4v) is 4.51. The molecule has 2 saturated carbocycles. The van der Waals surface area contributed by atoms with Gasteiger partial charge in [-0.3, -0.25) is 4.79 Å². The van der Waals surface area contributed by atoms with Gasteiger partial charge in [-0.25, -0.2) is 8.78 Å². The third kappa shape index (κ3) is 2.20. The lowest BCUT2D eigenvalue weighted by Crippen LogP contribution is -2.66. The number of carbonyl (C=O) groups excluding carboxylic acids is 1. The van der Waals surface area contributed by atoms with E-state index in [9.17, 15) is 13.6 Å². The molecule has 0 radical (unpaired) electrons. The molecular formula is C18H21F2NO2. The Bertz CT molecular complexity index is 660. The Hall–Kier alpha value is -1.49. The van der Waals surface area contributed by atoms with Gasteiger partial charge in [0.1, 0.15) is 0 Å². The van der Waals surface area contributed by atoms with Crippen LogP contribution in [-0.4, -0.2) is 24.7 Å². The van der Waals surface area contributed by atoms with Gasteiger partial charge in [0.05, 0.1) is 6.10 Å². The molecule has 5 atom stereocenters. The maximum atomic E-state index is 13.8. The molecule has 1 aromatic rings. The third-order valence-corrected chi connectivity index (χ3v) is 5.91. The summed E-state index contributed by atoms with van der Waals surface area (Å²) in [6.45, 7) is 4.98. The van der Waals surface area contributed by atoms with Crippen molar-refractivity contribution in [3.63, 3.8) is 0 Å². The number of ether oxygens (including phenoxy) is 1. The van der Waals surface area contributed by atoms with Crippen molar-refractivity contribution in [2.24, 2.45) is 17.3 Å². The molecule has 2 aliphatic carbocycles. The second kappa shape index (κ2) is 5.00. The van der Waals surface area contributed by atoms with Crippen molar-refractivity contribution in [3.8, 4) is 0 Å². The smallest absolute Gasteiger partial charge is 0.223 e. The van der Waals surface area contributed by atoms with Gasteiger partial charge in [0, 0.05) is 29.9 Å². The molecule has 1 aliphatic heterocycles. The molecule has 23 heavy (non-hydrogen) atoms. The van der Waals surface area contributed by atoms with E-state index in [-0.39, 0.29) is 35.3 Å². The van der Waals surface area contributed by atoms with Crippen molar-refractivity contribution in [2.75, 3.05) is 6.61 Å². The molecule has 0 aromatic heterocycles. The van der Waals surface area contributed by atoms with Gasteiger partial charge >= 0.3 is 0 Å². The number of hydrogen-bond acceptors (Lipinski definition) is 2. The SMILES string of the molecule is CC1(C)[C@H](NC(=O)[C@@H]2C[C@@H]2c2cccc(F)c2F)[C@H]2CCO[C@H]21. The second-order valence-corrected chi connectivity index (χ2v) is 7.64. The minimum Gasteiger partial charge on any atom is -0.377 e. The first kappa shape index (κ1) is 15.1. The number of hydrogen-bond donors (Lipinski definition) is 1. The van der Waals surface area contributed by atoms with Crippen molar-refractivity contribution in [1.82, 2.24) is 5.32 Å². The quantitative estimate of drug-likeness (QED) is 0.929. The molecule has 3 nitrogen and oxygen atoms in total. The fraction of sp³-hybridized carbons (Fsp3) is 0.611. The number of nitrogens with one attached hydrogen (secondary N) is 1. The summed E-state index contributed by atoms with van der Waals surface area (Å²) in [4.78, 5) is 12.5.